The normalized spacial score (nSPS) is 16.3. The van der Waals surface area contributed by atoms with Gasteiger partial charge in [-0.3, -0.25) is 23.9 Å². The molecule has 2 aliphatic heterocycles. The van der Waals surface area contributed by atoms with Crippen LogP contribution >= 0.6 is 11.8 Å². The van der Waals surface area contributed by atoms with Gasteiger partial charge < -0.3 is 4.90 Å². The second-order valence-corrected chi connectivity index (χ2v) is 8.82. The second kappa shape index (κ2) is 9.14. The zero-order chi connectivity index (χ0) is 22.8. The molecule has 0 N–H and O–H groups in total. The van der Waals surface area contributed by atoms with Crippen molar-refractivity contribution in [1.82, 2.24) is 29.5 Å². The molecular weight excluding hydrogens is 440 g/mol. The number of fused-ring (bicyclic) bond motifs is 1. The van der Waals surface area contributed by atoms with Crippen LogP contribution in [0.5, 0.6) is 0 Å². The van der Waals surface area contributed by atoms with Crippen LogP contribution in [0.4, 0.5) is 0 Å². The summed E-state index contributed by atoms with van der Waals surface area (Å²) in [7, 11) is 0. The Morgan fingerprint density at radius 2 is 1.64 bits per heavy atom. The molecule has 0 atom stereocenters. The topological polar surface area (TPSA) is 101 Å². The third-order valence-corrected chi connectivity index (χ3v) is 6.69. The van der Waals surface area contributed by atoms with Crippen LogP contribution in [0, 0.1) is 0 Å². The van der Waals surface area contributed by atoms with Crippen LogP contribution in [0.1, 0.15) is 52.2 Å². The van der Waals surface area contributed by atoms with E-state index >= 15 is 0 Å². The van der Waals surface area contributed by atoms with E-state index in [-0.39, 0.29) is 23.6 Å². The highest BCUT2D eigenvalue weighted by molar-refractivity contribution is 7.99. The molecule has 5 rings (SSSR count). The molecule has 0 saturated carbocycles. The third-order valence-electron chi connectivity index (χ3n) is 5.78. The van der Waals surface area contributed by atoms with Crippen LogP contribution in [0.25, 0.3) is 5.82 Å². The molecule has 3 aromatic rings. The molecule has 1 fully saturated rings. The highest BCUT2D eigenvalue weighted by Crippen LogP contribution is 2.28. The fraction of sp³-hybridized carbons (Fsp3) is 0.304. The van der Waals surface area contributed by atoms with Gasteiger partial charge in [0, 0.05) is 19.2 Å². The van der Waals surface area contributed by atoms with E-state index in [9.17, 15) is 14.4 Å². The number of rotatable bonds is 6. The Labute approximate surface area is 194 Å². The number of carbonyl (C=O) groups excluding carboxylic acids is 3. The van der Waals surface area contributed by atoms with Gasteiger partial charge in [0.1, 0.15) is 5.82 Å². The van der Waals surface area contributed by atoms with E-state index in [0.717, 1.165) is 19.3 Å². The number of carbonyl (C=O) groups is 3. The number of likely N-dealkylation sites (tertiary alicyclic amines) is 1. The van der Waals surface area contributed by atoms with Gasteiger partial charge >= 0.3 is 0 Å². The number of hydrogen-bond acceptors (Lipinski definition) is 7. The molecule has 0 aliphatic carbocycles. The van der Waals surface area contributed by atoms with Gasteiger partial charge in [0.25, 0.3) is 11.8 Å². The molecule has 3 amide bonds. The van der Waals surface area contributed by atoms with Crippen molar-refractivity contribution in [3.8, 4) is 5.82 Å². The lowest BCUT2D eigenvalue weighted by Crippen LogP contribution is -2.31. The fourth-order valence-electron chi connectivity index (χ4n) is 4.07. The first-order valence-electron chi connectivity index (χ1n) is 10.8. The minimum atomic E-state index is -0.317. The van der Waals surface area contributed by atoms with Crippen molar-refractivity contribution in [2.24, 2.45) is 0 Å². The summed E-state index contributed by atoms with van der Waals surface area (Å²) < 4.78 is 1.79. The standard InChI is InChI=1S/C23H22N6O3S/c30-20-11-2-1-7-13-27(20)14-19-25-26-23(29(19)18-10-5-6-12-24-18)33-15-28-21(31)16-8-3-4-9-17(16)22(28)32/h3-6,8-10,12H,1-2,7,11,13-15H2. The maximum absolute atomic E-state index is 12.7. The van der Waals surface area contributed by atoms with Crippen LogP contribution in [0.2, 0.25) is 0 Å². The minimum absolute atomic E-state index is 0.0972. The van der Waals surface area contributed by atoms with Crippen molar-refractivity contribution in [2.75, 3.05) is 12.4 Å². The van der Waals surface area contributed by atoms with Gasteiger partial charge in [-0.1, -0.05) is 36.4 Å². The summed E-state index contributed by atoms with van der Waals surface area (Å²) in [5.74, 6) is 0.784. The van der Waals surface area contributed by atoms with Gasteiger partial charge in [-0.15, -0.1) is 10.2 Å². The third kappa shape index (κ3) is 4.13. The summed E-state index contributed by atoms with van der Waals surface area (Å²) in [4.78, 5) is 45.4. The molecule has 4 heterocycles. The zero-order valence-corrected chi connectivity index (χ0v) is 18.7. The largest absolute Gasteiger partial charge is 0.335 e. The Balaban J connectivity index is 1.40. The summed E-state index contributed by atoms with van der Waals surface area (Å²) in [6.07, 6.45) is 5.12. The lowest BCUT2D eigenvalue weighted by Gasteiger charge is -2.20. The molecule has 0 bridgehead atoms. The first-order valence-corrected chi connectivity index (χ1v) is 11.8. The molecule has 1 saturated heterocycles. The Morgan fingerprint density at radius 1 is 0.879 bits per heavy atom. The number of imide groups is 1. The van der Waals surface area contributed by atoms with Crippen LogP contribution < -0.4 is 0 Å². The van der Waals surface area contributed by atoms with E-state index in [0.29, 0.717) is 47.4 Å². The van der Waals surface area contributed by atoms with Gasteiger partial charge in [0.05, 0.1) is 23.5 Å². The minimum Gasteiger partial charge on any atom is -0.335 e. The van der Waals surface area contributed by atoms with E-state index in [1.807, 2.05) is 23.1 Å². The van der Waals surface area contributed by atoms with Gasteiger partial charge in [-0.25, -0.2) is 4.98 Å². The summed E-state index contributed by atoms with van der Waals surface area (Å²) in [6, 6.07) is 12.3. The quantitative estimate of drug-likeness (QED) is 0.410. The first-order chi connectivity index (χ1) is 16.1. The molecule has 2 aliphatic rings. The van der Waals surface area contributed by atoms with Crippen LogP contribution in [-0.4, -0.2) is 59.7 Å². The molecule has 168 valence electrons. The van der Waals surface area contributed by atoms with Gasteiger partial charge in [-0.05, 0) is 37.1 Å². The fourth-order valence-corrected chi connectivity index (χ4v) is 4.97. The number of aromatic nitrogens is 4. The summed E-state index contributed by atoms with van der Waals surface area (Å²) in [5.41, 5.74) is 0.823. The maximum Gasteiger partial charge on any atom is 0.262 e. The second-order valence-electron chi connectivity index (χ2n) is 7.91. The Bertz CT molecular complexity index is 1180. The smallest absolute Gasteiger partial charge is 0.262 e. The van der Waals surface area contributed by atoms with Gasteiger partial charge in [0.2, 0.25) is 5.91 Å². The highest BCUT2D eigenvalue weighted by Gasteiger charge is 2.35. The lowest BCUT2D eigenvalue weighted by molar-refractivity contribution is -0.131. The van der Waals surface area contributed by atoms with Crippen LogP contribution in [0.3, 0.4) is 0 Å². The number of amides is 3. The average molecular weight is 463 g/mol. The molecule has 10 heteroatoms. The summed E-state index contributed by atoms with van der Waals surface area (Å²) >= 11 is 1.24. The van der Waals surface area contributed by atoms with Crippen molar-refractivity contribution >= 4 is 29.5 Å². The number of pyridine rings is 1. The number of benzene rings is 1. The van der Waals surface area contributed by atoms with E-state index < -0.39 is 0 Å². The monoisotopic (exact) mass is 462 g/mol. The van der Waals surface area contributed by atoms with Crippen LogP contribution in [0.15, 0.2) is 53.8 Å². The predicted molar refractivity (Wildman–Crippen MR) is 121 cm³/mol. The van der Waals surface area contributed by atoms with E-state index in [2.05, 4.69) is 15.2 Å². The number of nitrogens with zero attached hydrogens (tertiary/aromatic N) is 6. The molecule has 0 unspecified atom stereocenters. The van der Waals surface area contributed by atoms with Crippen LogP contribution in [-0.2, 0) is 11.3 Å². The average Bonchev–Trinajstić information content (AvgIpc) is 3.26. The van der Waals surface area contributed by atoms with Crippen molar-refractivity contribution in [3.63, 3.8) is 0 Å². The molecule has 33 heavy (non-hydrogen) atoms. The number of thioether (sulfide) groups is 1. The Morgan fingerprint density at radius 3 is 2.36 bits per heavy atom. The maximum atomic E-state index is 12.7. The Hall–Kier alpha value is -3.53. The van der Waals surface area contributed by atoms with E-state index in [4.69, 9.17) is 0 Å². The van der Waals surface area contributed by atoms with Gasteiger partial charge in [0.15, 0.2) is 11.0 Å². The molecule has 0 spiro atoms. The van der Waals surface area contributed by atoms with Crippen molar-refractivity contribution in [1.29, 1.82) is 0 Å². The van der Waals surface area contributed by atoms with Crippen molar-refractivity contribution in [2.45, 2.75) is 37.4 Å². The predicted octanol–water partition coefficient (Wildman–Crippen LogP) is 2.91. The molecule has 9 nitrogen and oxygen atoms in total. The SMILES string of the molecule is O=C1CCCCCN1Cc1nnc(SCN2C(=O)c3ccccc3C2=O)n1-c1ccccn1. The molecular formula is C23H22N6O3S. The summed E-state index contributed by atoms with van der Waals surface area (Å²) in [5, 5.41) is 9.16. The molecule has 2 aromatic heterocycles. The first kappa shape index (κ1) is 21.3. The van der Waals surface area contributed by atoms with Gasteiger partial charge in [-0.2, -0.15) is 0 Å². The number of hydrogen-bond donors (Lipinski definition) is 0. The molecule has 1 aromatic carbocycles. The van der Waals surface area contributed by atoms with Crippen molar-refractivity contribution < 1.29 is 14.4 Å². The zero-order valence-electron chi connectivity index (χ0n) is 17.9. The van der Waals surface area contributed by atoms with E-state index in [1.165, 1.54) is 16.7 Å². The summed E-state index contributed by atoms with van der Waals surface area (Å²) in [6.45, 7) is 1.02. The van der Waals surface area contributed by atoms with E-state index in [1.54, 1.807) is 35.0 Å². The molecule has 0 radical (unpaired) electrons. The highest BCUT2D eigenvalue weighted by atomic mass is 32.2. The lowest BCUT2D eigenvalue weighted by atomic mass is 10.1. The Kier molecular flexibility index (Phi) is 5.91. The van der Waals surface area contributed by atoms with Crippen molar-refractivity contribution in [3.05, 3.63) is 65.6 Å².